The number of hydrogen-bond acceptors (Lipinski definition) is 0. The van der Waals surface area contributed by atoms with Crippen molar-refractivity contribution in [3.05, 3.63) is 133 Å². The van der Waals surface area contributed by atoms with Gasteiger partial charge in [-0.15, -0.1) is 0 Å². The van der Waals surface area contributed by atoms with Crippen molar-refractivity contribution in [1.29, 1.82) is 0 Å². The molecular formula is C36H22BN. The molecule has 0 amide bonds. The fourth-order valence-corrected chi connectivity index (χ4v) is 7.08. The zero-order chi connectivity index (χ0) is 24.8. The lowest BCUT2D eigenvalue weighted by Gasteiger charge is -2.32. The topological polar surface area (TPSA) is 4.93 Å². The lowest BCUT2D eigenvalue weighted by Crippen LogP contribution is -2.53. The van der Waals surface area contributed by atoms with Crippen molar-refractivity contribution in [2.45, 2.75) is 0 Å². The highest BCUT2D eigenvalue weighted by Crippen LogP contribution is 2.46. The van der Waals surface area contributed by atoms with E-state index in [4.69, 9.17) is 0 Å². The average molecular weight is 479 g/mol. The molecule has 0 saturated heterocycles. The van der Waals surface area contributed by atoms with E-state index in [9.17, 15) is 0 Å². The van der Waals surface area contributed by atoms with Gasteiger partial charge in [-0.05, 0) is 56.4 Å². The number of para-hydroxylation sites is 1. The number of nitrogens with zero attached hydrogens (tertiary/aromatic N) is 1. The lowest BCUT2D eigenvalue weighted by atomic mass is 9.45. The molecule has 9 rings (SSSR count). The average Bonchev–Trinajstić information content (AvgIpc) is 3.33. The summed E-state index contributed by atoms with van der Waals surface area (Å²) in [6, 6.07) is 49.3. The molecule has 174 valence electrons. The van der Waals surface area contributed by atoms with E-state index in [1.807, 2.05) is 0 Å². The molecule has 1 aromatic heterocycles. The minimum atomic E-state index is 0.187. The second kappa shape index (κ2) is 7.37. The van der Waals surface area contributed by atoms with Crippen LogP contribution in [0.3, 0.4) is 0 Å². The van der Waals surface area contributed by atoms with Crippen molar-refractivity contribution in [2.75, 3.05) is 0 Å². The molecule has 0 spiro atoms. The van der Waals surface area contributed by atoms with Gasteiger partial charge in [0.1, 0.15) is 0 Å². The summed E-state index contributed by atoms with van der Waals surface area (Å²) in [7, 11) is 0. The summed E-state index contributed by atoms with van der Waals surface area (Å²) in [5, 5.41) is 2.68. The molecule has 6 aromatic carbocycles. The molecule has 38 heavy (non-hydrogen) atoms. The highest BCUT2D eigenvalue weighted by atomic mass is 14.9. The van der Waals surface area contributed by atoms with Gasteiger partial charge in [0.05, 0.1) is 0 Å². The molecule has 0 fully saturated rings. The second-order valence-corrected chi connectivity index (χ2v) is 10.5. The Morgan fingerprint density at radius 2 is 0.921 bits per heavy atom. The van der Waals surface area contributed by atoms with Gasteiger partial charge in [0.25, 0.3) is 0 Å². The number of hydrogen-bond donors (Lipinski definition) is 0. The van der Waals surface area contributed by atoms with Crippen molar-refractivity contribution >= 4 is 39.6 Å². The van der Waals surface area contributed by atoms with E-state index < -0.39 is 0 Å². The van der Waals surface area contributed by atoms with Crippen molar-refractivity contribution in [3.63, 3.8) is 0 Å². The second-order valence-electron chi connectivity index (χ2n) is 10.5. The Morgan fingerprint density at radius 3 is 1.66 bits per heavy atom. The Morgan fingerprint density at radius 1 is 0.368 bits per heavy atom. The fourth-order valence-electron chi connectivity index (χ4n) is 7.08. The molecule has 0 saturated carbocycles. The van der Waals surface area contributed by atoms with Gasteiger partial charge in [-0.3, -0.25) is 0 Å². The molecule has 2 aliphatic rings. The van der Waals surface area contributed by atoms with E-state index in [0.29, 0.717) is 0 Å². The summed E-state index contributed by atoms with van der Waals surface area (Å²) in [5.41, 5.74) is 15.9. The Bertz CT molecular complexity index is 2080. The first-order valence-corrected chi connectivity index (χ1v) is 13.3. The monoisotopic (exact) mass is 479 g/mol. The third-order valence-electron chi connectivity index (χ3n) is 8.59. The maximum Gasteiger partial charge on any atom is 0.329 e. The Hall–Kier alpha value is -4.82. The van der Waals surface area contributed by atoms with E-state index in [1.165, 1.54) is 77.2 Å². The van der Waals surface area contributed by atoms with Crippen LogP contribution in [0.25, 0.3) is 66.3 Å². The molecule has 1 nitrogen and oxygen atoms in total. The summed E-state index contributed by atoms with van der Waals surface area (Å²) in [6.45, 7) is 0.187. The molecule has 3 heterocycles. The maximum absolute atomic E-state index is 2.63. The van der Waals surface area contributed by atoms with Gasteiger partial charge in [-0.1, -0.05) is 121 Å². The number of benzene rings is 6. The summed E-state index contributed by atoms with van der Waals surface area (Å²) < 4.78 is 2.63. The first-order chi connectivity index (χ1) is 18.9. The molecule has 2 aliphatic heterocycles. The summed E-state index contributed by atoms with van der Waals surface area (Å²) in [4.78, 5) is 0. The van der Waals surface area contributed by atoms with Gasteiger partial charge in [-0.25, -0.2) is 0 Å². The van der Waals surface area contributed by atoms with E-state index in [0.717, 1.165) is 0 Å². The van der Waals surface area contributed by atoms with Crippen LogP contribution in [0, 0.1) is 0 Å². The smallest absolute Gasteiger partial charge is 0.329 e. The number of fused-ring (bicyclic) bond motifs is 7. The molecule has 0 radical (unpaired) electrons. The van der Waals surface area contributed by atoms with Crippen LogP contribution >= 0.6 is 0 Å². The van der Waals surface area contributed by atoms with E-state index in [-0.39, 0.29) is 6.85 Å². The first kappa shape index (κ1) is 20.3. The summed E-state index contributed by atoms with van der Waals surface area (Å²) in [5.74, 6) is 0. The minimum Gasteiger partial charge on any atom is -0.375 e. The first-order valence-electron chi connectivity index (χ1n) is 13.3. The molecule has 0 N–H and O–H groups in total. The largest absolute Gasteiger partial charge is 0.375 e. The van der Waals surface area contributed by atoms with Crippen molar-refractivity contribution < 1.29 is 0 Å². The standard InChI is InChI=1S/C36H22BN/c1-2-11-23(12-3-1)25-13-4-5-14-26(25)24-21-31-28-16-7-9-20-34(28)37-33-19-8-6-15-27(33)29-17-10-18-30-32(22-24)36(31)38(37)35(29)30/h1-22H. The third kappa shape index (κ3) is 2.52. The summed E-state index contributed by atoms with van der Waals surface area (Å²) >= 11 is 0. The molecule has 7 aromatic rings. The highest BCUT2D eigenvalue weighted by Gasteiger charge is 2.39. The SMILES string of the molecule is c1ccc(-c2ccccc2-c2cc3c4c(c2)c2cccc5c2n4B(c2ccccc2-5)c2ccccc2-3)cc1. The lowest BCUT2D eigenvalue weighted by molar-refractivity contribution is 1.31. The van der Waals surface area contributed by atoms with E-state index in [1.54, 1.807) is 0 Å². The van der Waals surface area contributed by atoms with Crippen LogP contribution < -0.4 is 10.9 Å². The van der Waals surface area contributed by atoms with Gasteiger partial charge in [-0.2, -0.15) is 0 Å². The predicted molar refractivity (Wildman–Crippen MR) is 162 cm³/mol. The van der Waals surface area contributed by atoms with Crippen molar-refractivity contribution in [2.24, 2.45) is 0 Å². The van der Waals surface area contributed by atoms with Crippen LogP contribution in [-0.2, 0) is 0 Å². The highest BCUT2D eigenvalue weighted by molar-refractivity contribution is 6.88. The molecule has 2 heteroatoms. The normalized spacial score (nSPS) is 12.7. The molecule has 0 bridgehead atoms. The van der Waals surface area contributed by atoms with Crippen molar-refractivity contribution in [3.8, 4) is 44.5 Å². The van der Waals surface area contributed by atoms with Gasteiger partial charge in [0.15, 0.2) is 0 Å². The number of rotatable bonds is 2. The van der Waals surface area contributed by atoms with Crippen LogP contribution in [-0.4, -0.2) is 11.3 Å². The summed E-state index contributed by atoms with van der Waals surface area (Å²) in [6.07, 6.45) is 0. The Balaban J connectivity index is 1.45. The van der Waals surface area contributed by atoms with Crippen molar-refractivity contribution in [1.82, 2.24) is 4.48 Å². The predicted octanol–water partition coefficient (Wildman–Crippen LogP) is 7.74. The minimum absolute atomic E-state index is 0.187. The maximum atomic E-state index is 2.63. The number of aromatic nitrogens is 1. The molecular weight excluding hydrogens is 457 g/mol. The van der Waals surface area contributed by atoms with Gasteiger partial charge >= 0.3 is 6.85 Å². The molecule has 0 unspecified atom stereocenters. The van der Waals surface area contributed by atoms with Crippen LogP contribution in [0.1, 0.15) is 0 Å². The van der Waals surface area contributed by atoms with E-state index in [2.05, 4.69) is 138 Å². The molecule has 0 atom stereocenters. The fraction of sp³-hybridized carbons (Fsp3) is 0. The van der Waals surface area contributed by atoms with Gasteiger partial charge in [0, 0.05) is 32.9 Å². The Labute approximate surface area is 221 Å². The third-order valence-corrected chi connectivity index (χ3v) is 8.59. The zero-order valence-electron chi connectivity index (χ0n) is 20.7. The van der Waals surface area contributed by atoms with Crippen LogP contribution in [0.15, 0.2) is 133 Å². The zero-order valence-corrected chi connectivity index (χ0v) is 20.7. The van der Waals surface area contributed by atoms with Crippen LogP contribution in [0.5, 0.6) is 0 Å². The van der Waals surface area contributed by atoms with Gasteiger partial charge in [0.2, 0.25) is 0 Å². The van der Waals surface area contributed by atoms with Crippen LogP contribution in [0.4, 0.5) is 0 Å². The molecule has 0 aliphatic carbocycles. The van der Waals surface area contributed by atoms with Crippen LogP contribution in [0.2, 0.25) is 0 Å². The van der Waals surface area contributed by atoms with Gasteiger partial charge < -0.3 is 4.48 Å². The van der Waals surface area contributed by atoms with E-state index >= 15 is 0 Å². The Kier molecular flexibility index (Phi) is 3.93. The quantitative estimate of drug-likeness (QED) is 0.224.